The number of piperidine rings is 2. The molecular formula is C16H25N3. The zero-order valence-corrected chi connectivity index (χ0v) is 12.0. The zero-order chi connectivity index (χ0) is 13.4. The Labute approximate surface area is 116 Å². The number of hydrogen-bond acceptors (Lipinski definition) is 3. The molecule has 3 N–H and O–H groups in total. The maximum absolute atomic E-state index is 6.08. The third-order valence-corrected chi connectivity index (χ3v) is 4.91. The number of nitrogens with one attached hydrogen (secondary N) is 1. The molecule has 3 rings (SSSR count). The van der Waals surface area contributed by atoms with Gasteiger partial charge in [0.1, 0.15) is 0 Å². The number of anilines is 2. The van der Waals surface area contributed by atoms with Crippen LogP contribution in [0.3, 0.4) is 0 Å². The van der Waals surface area contributed by atoms with Crippen molar-refractivity contribution >= 4 is 11.4 Å². The Morgan fingerprint density at radius 3 is 2.58 bits per heavy atom. The quantitative estimate of drug-likeness (QED) is 0.802. The maximum Gasteiger partial charge on any atom is 0.0578 e. The molecule has 2 fully saturated rings. The van der Waals surface area contributed by atoms with Gasteiger partial charge in [-0.15, -0.1) is 0 Å². The second-order valence-corrected chi connectivity index (χ2v) is 6.31. The van der Waals surface area contributed by atoms with Crippen LogP contribution in [0, 0.1) is 6.92 Å². The van der Waals surface area contributed by atoms with Crippen molar-refractivity contribution in [1.82, 2.24) is 4.90 Å². The van der Waals surface area contributed by atoms with Crippen molar-refractivity contribution in [3.05, 3.63) is 23.8 Å². The largest absolute Gasteiger partial charge is 0.397 e. The second kappa shape index (κ2) is 5.04. The first kappa shape index (κ1) is 12.8. The average molecular weight is 259 g/mol. The molecule has 3 nitrogen and oxygen atoms in total. The van der Waals surface area contributed by atoms with Crippen LogP contribution in [0.25, 0.3) is 0 Å². The van der Waals surface area contributed by atoms with E-state index in [2.05, 4.69) is 36.3 Å². The van der Waals surface area contributed by atoms with Gasteiger partial charge in [0, 0.05) is 18.1 Å². The molecular weight excluding hydrogens is 234 g/mol. The normalized spacial score (nSPS) is 31.2. The van der Waals surface area contributed by atoms with Crippen LogP contribution in [0.4, 0.5) is 11.4 Å². The fourth-order valence-corrected chi connectivity index (χ4v) is 3.75. The first-order valence-corrected chi connectivity index (χ1v) is 7.48. The van der Waals surface area contributed by atoms with Crippen LogP contribution in [0.1, 0.15) is 37.7 Å². The van der Waals surface area contributed by atoms with Gasteiger partial charge in [0.2, 0.25) is 0 Å². The second-order valence-electron chi connectivity index (χ2n) is 6.31. The highest BCUT2D eigenvalue weighted by atomic mass is 15.2. The summed E-state index contributed by atoms with van der Waals surface area (Å²) in [5.41, 5.74) is 9.33. The Hall–Kier alpha value is -1.22. The van der Waals surface area contributed by atoms with Crippen molar-refractivity contribution in [3.63, 3.8) is 0 Å². The predicted octanol–water partition coefficient (Wildman–Crippen LogP) is 3.00. The Balaban J connectivity index is 1.72. The molecule has 0 aliphatic carbocycles. The smallest absolute Gasteiger partial charge is 0.0578 e. The first-order valence-electron chi connectivity index (χ1n) is 7.48. The number of nitrogens with two attached hydrogens (primary N) is 1. The zero-order valence-electron chi connectivity index (χ0n) is 12.0. The molecule has 2 heterocycles. The minimum atomic E-state index is 0.579. The minimum absolute atomic E-state index is 0.579. The Morgan fingerprint density at radius 2 is 1.89 bits per heavy atom. The van der Waals surface area contributed by atoms with Crippen molar-refractivity contribution in [1.29, 1.82) is 0 Å². The van der Waals surface area contributed by atoms with E-state index in [4.69, 9.17) is 5.73 Å². The summed E-state index contributed by atoms with van der Waals surface area (Å²) in [6, 6.07) is 8.35. The molecule has 3 heteroatoms. The molecule has 0 radical (unpaired) electrons. The van der Waals surface area contributed by atoms with Gasteiger partial charge in [-0.1, -0.05) is 12.5 Å². The number of aryl methyl sites for hydroxylation is 1. The molecule has 1 aromatic carbocycles. The summed E-state index contributed by atoms with van der Waals surface area (Å²) >= 11 is 0. The Bertz CT molecular complexity index is 443. The molecule has 1 aromatic rings. The van der Waals surface area contributed by atoms with E-state index in [1.165, 1.54) is 37.7 Å². The molecule has 2 aliphatic heterocycles. The SMILES string of the molecule is Cc1ccc(N)c(NC2CC3CCCC(C2)N3C)c1. The minimum Gasteiger partial charge on any atom is -0.397 e. The number of hydrogen-bond donors (Lipinski definition) is 2. The summed E-state index contributed by atoms with van der Waals surface area (Å²) in [6.07, 6.45) is 6.61. The van der Waals surface area contributed by atoms with Gasteiger partial charge in [-0.05, 0) is 57.4 Å². The third-order valence-electron chi connectivity index (χ3n) is 4.91. The van der Waals surface area contributed by atoms with Gasteiger partial charge >= 0.3 is 0 Å². The molecule has 104 valence electrons. The van der Waals surface area contributed by atoms with Gasteiger partial charge in [0.25, 0.3) is 0 Å². The Kier molecular flexibility index (Phi) is 3.40. The van der Waals surface area contributed by atoms with E-state index in [-0.39, 0.29) is 0 Å². The first-order chi connectivity index (χ1) is 9.13. The summed E-state index contributed by atoms with van der Waals surface area (Å²) in [5, 5.41) is 3.69. The van der Waals surface area contributed by atoms with E-state index < -0.39 is 0 Å². The molecule has 2 unspecified atom stereocenters. The molecule has 2 atom stereocenters. The van der Waals surface area contributed by atoms with Crippen LogP contribution in [-0.4, -0.2) is 30.1 Å². The van der Waals surface area contributed by atoms with E-state index in [1.54, 1.807) is 0 Å². The maximum atomic E-state index is 6.08. The highest BCUT2D eigenvalue weighted by molar-refractivity contribution is 5.67. The van der Waals surface area contributed by atoms with Gasteiger partial charge < -0.3 is 16.0 Å². The number of rotatable bonds is 2. The number of fused-ring (bicyclic) bond motifs is 2. The van der Waals surface area contributed by atoms with Crippen LogP contribution in [0.15, 0.2) is 18.2 Å². The summed E-state index contributed by atoms with van der Waals surface area (Å²) < 4.78 is 0. The van der Waals surface area contributed by atoms with Crippen molar-refractivity contribution in [2.75, 3.05) is 18.1 Å². The van der Waals surface area contributed by atoms with Crippen LogP contribution >= 0.6 is 0 Å². The standard InChI is InChI=1S/C16H25N3/c1-11-6-7-15(17)16(8-11)18-12-9-13-4-3-5-14(10-12)19(13)2/h6-8,12-14,18H,3-5,9-10,17H2,1-2H3. The summed E-state index contributed by atoms with van der Waals surface area (Å²) in [7, 11) is 2.30. The fraction of sp³-hybridized carbons (Fsp3) is 0.625. The van der Waals surface area contributed by atoms with E-state index in [1.807, 2.05) is 6.07 Å². The topological polar surface area (TPSA) is 41.3 Å². The van der Waals surface area contributed by atoms with Crippen LogP contribution < -0.4 is 11.1 Å². The number of nitrogens with zero attached hydrogens (tertiary/aromatic N) is 1. The number of nitrogen functional groups attached to an aromatic ring is 1. The van der Waals surface area contributed by atoms with E-state index in [0.29, 0.717) is 6.04 Å². The van der Waals surface area contributed by atoms with Gasteiger partial charge in [-0.25, -0.2) is 0 Å². The van der Waals surface area contributed by atoms with Crippen molar-refractivity contribution in [2.24, 2.45) is 0 Å². The van der Waals surface area contributed by atoms with Gasteiger partial charge in [0.05, 0.1) is 11.4 Å². The van der Waals surface area contributed by atoms with Crippen LogP contribution in [0.5, 0.6) is 0 Å². The molecule has 19 heavy (non-hydrogen) atoms. The predicted molar refractivity (Wildman–Crippen MR) is 81.4 cm³/mol. The van der Waals surface area contributed by atoms with Crippen molar-refractivity contribution in [2.45, 2.75) is 57.2 Å². The molecule has 0 aromatic heterocycles. The highest BCUT2D eigenvalue weighted by Gasteiger charge is 2.35. The van der Waals surface area contributed by atoms with Crippen molar-refractivity contribution < 1.29 is 0 Å². The van der Waals surface area contributed by atoms with E-state index >= 15 is 0 Å². The monoisotopic (exact) mass is 259 g/mol. The summed E-state index contributed by atoms with van der Waals surface area (Å²) in [6.45, 7) is 2.12. The lowest BCUT2D eigenvalue weighted by Crippen LogP contribution is -2.52. The van der Waals surface area contributed by atoms with Gasteiger partial charge in [0.15, 0.2) is 0 Å². The lowest BCUT2D eigenvalue weighted by Gasteiger charge is -2.47. The summed E-state index contributed by atoms with van der Waals surface area (Å²) in [5.74, 6) is 0. The molecule has 0 spiro atoms. The van der Waals surface area contributed by atoms with Crippen molar-refractivity contribution in [3.8, 4) is 0 Å². The molecule has 2 saturated heterocycles. The summed E-state index contributed by atoms with van der Waals surface area (Å²) in [4.78, 5) is 2.60. The number of benzene rings is 1. The highest BCUT2D eigenvalue weighted by Crippen LogP contribution is 2.34. The van der Waals surface area contributed by atoms with Gasteiger partial charge in [-0.3, -0.25) is 0 Å². The lowest BCUT2D eigenvalue weighted by molar-refractivity contribution is 0.0608. The van der Waals surface area contributed by atoms with E-state index in [0.717, 1.165) is 23.5 Å². The molecule has 2 bridgehead atoms. The van der Waals surface area contributed by atoms with Crippen LogP contribution in [0.2, 0.25) is 0 Å². The molecule has 2 aliphatic rings. The third kappa shape index (κ3) is 2.57. The van der Waals surface area contributed by atoms with E-state index in [9.17, 15) is 0 Å². The fourth-order valence-electron chi connectivity index (χ4n) is 3.75. The van der Waals surface area contributed by atoms with Gasteiger partial charge in [-0.2, -0.15) is 0 Å². The average Bonchev–Trinajstić information content (AvgIpc) is 2.35. The Morgan fingerprint density at radius 1 is 1.21 bits per heavy atom. The molecule has 0 saturated carbocycles. The molecule has 0 amide bonds. The lowest BCUT2D eigenvalue weighted by atomic mass is 9.82. The van der Waals surface area contributed by atoms with Crippen LogP contribution in [-0.2, 0) is 0 Å².